The van der Waals surface area contributed by atoms with Crippen LogP contribution >= 0.6 is 22.9 Å². The van der Waals surface area contributed by atoms with Gasteiger partial charge in [-0.3, -0.25) is 15.1 Å². The quantitative estimate of drug-likeness (QED) is 0.755. The molecule has 0 atom stereocenters. The van der Waals surface area contributed by atoms with Gasteiger partial charge in [0.2, 0.25) is 0 Å². The number of nitrogens with zero attached hydrogens (tertiary/aromatic N) is 2. The number of benzene rings is 1. The number of carbonyl (C=O) groups excluding carboxylic acids is 1. The molecular weight excluding hydrogens is 337 g/mol. The standard InChI is InChI=1S/C16H11ClFN3OS/c1-9-2-3-11(7-19-9)15(22)21-16-20-14(8-23-16)10-4-5-13(18)12(17)6-10/h2-8H,1H3,(H,20,21,22). The maximum absolute atomic E-state index is 13.2. The third kappa shape index (κ3) is 3.55. The molecule has 0 saturated heterocycles. The number of anilines is 1. The number of aromatic nitrogens is 2. The zero-order chi connectivity index (χ0) is 16.4. The molecule has 0 saturated carbocycles. The van der Waals surface area contributed by atoms with E-state index < -0.39 is 5.82 Å². The van der Waals surface area contributed by atoms with E-state index in [1.54, 1.807) is 23.6 Å². The molecule has 0 aliphatic heterocycles. The van der Waals surface area contributed by atoms with Gasteiger partial charge in [-0.25, -0.2) is 9.37 Å². The van der Waals surface area contributed by atoms with E-state index in [1.165, 1.54) is 29.7 Å². The van der Waals surface area contributed by atoms with Gasteiger partial charge >= 0.3 is 0 Å². The zero-order valence-corrected chi connectivity index (χ0v) is 13.6. The fourth-order valence-electron chi connectivity index (χ4n) is 1.89. The minimum absolute atomic E-state index is 0.0341. The Labute approximate surface area is 141 Å². The van der Waals surface area contributed by atoms with Gasteiger partial charge in [0, 0.05) is 22.8 Å². The average Bonchev–Trinajstić information content (AvgIpc) is 2.99. The number of halogens is 2. The molecule has 23 heavy (non-hydrogen) atoms. The topological polar surface area (TPSA) is 54.9 Å². The highest BCUT2D eigenvalue weighted by Crippen LogP contribution is 2.28. The van der Waals surface area contributed by atoms with Crippen LogP contribution in [0.25, 0.3) is 11.3 Å². The van der Waals surface area contributed by atoms with Crippen LogP contribution in [0.5, 0.6) is 0 Å². The number of amides is 1. The van der Waals surface area contributed by atoms with Crippen molar-refractivity contribution in [1.29, 1.82) is 0 Å². The Hall–Kier alpha value is -2.31. The van der Waals surface area contributed by atoms with Gasteiger partial charge in [0.15, 0.2) is 5.13 Å². The van der Waals surface area contributed by atoms with E-state index >= 15 is 0 Å². The second-order valence-corrected chi connectivity index (χ2v) is 6.07. The summed E-state index contributed by atoms with van der Waals surface area (Å²) in [5.74, 6) is -0.762. The molecule has 0 bridgehead atoms. The van der Waals surface area contributed by atoms with Crippen LogP contribution in [0, 0.1) is 12.7 Å². The van der Waals surface area contributed by atoms with Crippen LogP contribution in [0.2, 0.25) is 5.02 Å². The summed E-state index contributed by atoms with van der Waals surface area (Å²) >= 11 is 7.05. The Morgan fingerprint density at radius 1 is 1.30 bits per heavy atom. The number of carbonyl (C=O) groups is 1. The highest BCUT2D eigenvalue weighted by Gasteiger charge is 2.11. The molecule has 1 aromatic carbocycles. The predicted molar refractivity (Wildman–Crippen MR) is 89.4 cm³/mol. The fourth-order valence-corrected chi connectivity index (χ4v) is 2.79. The molecular formula is C16H11ClFN3OS. The maximum Gasteiger partial charge on any atom is 0.259 e. The van der Waals surface area contributed by atoms with E-state index in [2.05, 4.69) is 15.3 Å². The summed E-state index contributed by atoms with van der Waals surface area (Å²) in [7, 11) is 0. The normalized spacial score (nSPS) is 10.6. The van der Waals surface area contributed by atoms with Crippen LogP contribution in [0.4, 0.5) is 9.52 Å². The van der Waals surface area contributed by atoms with Crippen LogP contribution in [0.15, 0.2) is 41.9 Å². The third-order valence-electron chi connectivity index (χ3n) is 3.11. The number of hydrogen-bond acceptors (Lipinski definition) is 4. The monoisotopic (exact) mass is 347 g/mol. The Morgan fingerprint density at radius 2 is 2.13 bits per heavy atom. The Bertz CT molecular complexity index is 864. The highest BCUT2D eigenvalue weighted by molar-refractivity contribution is 7.14. The average molecular weight is 348 g/mol. The summed E-state index contributed by atoms with van der Waals surface area (Å²) in [5.41, 5.74) is 2.60. The summed E-state index contributed by atoms with van der Waals surface area (Å²) < 4.78 is 13.2. The lowest BCUT2D eigenvalue weighted by Gasteiger charge is -2.02. The van der Waals surface area contributed by atoms with Gasteiger partial charge in [-0.1, -0.05) is 11.6 Å². The van der Waals surface area contributed by atoms with Crippen molar-refractivity contribution in [3.8, 4) is 11.3 Å². The van der Waals surface area contributed by atoms with E-state index in [0.29, 0.717) is 22.0 Å². The lowest BCUT2D eigenvalue weighted by atomic mass is 10.2. The first-order valence-electron chi connectivity index (χ1n) is 6.68. The van der Waals surface area contributed by atoms with Crippen molar-refractivity contribution < 1.29 is 9.18 Å². The van der Waals surface area contributed by atoms with Crippen molar-refractivity contribution in [2.24, 2.45) is 0 Å². The Morgan fingerprint density at radius 3 is 2.83 bits per heavy atom. The zero-order valence-electron chi connectivity index (χ0n) is 12.0. The Balaban J connectivity index is 1.77. The van der Waals surface area contributed by atoms with E-state index in [4.69, 9.17) is 11.6 Å². The largest absolute Gasteiger partial charge is 0.298 e. The highest BCUT2D eigenvalue weighted by atomic mass is 35.5. The van der Waals surface area contributed by atoms with Crippen molar-refractivity contribution in [2.75, 3.05) is 5.32 Å². The molecule has 1 N–H and O–H groups in total. The van der Waals surface area contributed by atoms with E-state index in [9.17, 15) is 9.18 Å². The molecule has 4 nitrogen and oxygen atoms in total. The van der Waals surface area contributed by atoms with Crippen LogP contribution in [-0.2, 0) is 0 Å². The minimum Gasteiger partial charge on any atom is -0.298 e. The molecule has 116 valence electrons. The SMILES string of the molecule is Cc1ccc(C(=O)Nc2nc(-c3ccc(F)c(Cl)c3)cs2)cn1. The van der Waals surface area contributed by atoms with Crippen molar-refractivity contribution in [3.63, 3.8) is 0 Å². The van der Waals surface area contributed by atoms with E-state index in [-0.39, 0.29) is 10.9 Å². The summed E-state index contributed by atoms with van der Waals surface area (Å²) in [6.07, 6.45) is 1.51. The second-order valence-electron chi connectivity index (χ2n) is 4.81. The first-order chi connectivity index (χ1) is 11.0. The van der Waals surface area contributed by atoms with Gasteiger partial charge in [0.25, 0.3) is 5.91 Å². The molecule has 0 aliphatic carbocycles. The van der Waals surface area contributed by atoms with Crippen LogP contribution in [-0.4, -0.2) is 15.9 Å². The molecule has 3 aromatic rings. The van der Waals surface area contributed by atoms with Crippen molar-refractivity contribution >= 4 is 34.0 Å². The minimum atomic E-state index is -0.481. The van der Waals surface area contributed by atoms with Gasteiger partial charge in [-0.15, -0.1) is 11.3 Å². The van der Waals surface area contributed by atoms with E-state index in [1.807, 2.05) is 6.92 Å². The van der Waals surface area contributed by atoms with Gasteiger partial charge < -0.3 is 0 Å². The second kappa shape index (κ2) is 6.44. The van der Waals surface area contributed by atoms with Gasteiger partial charge in [0.1, 0.15) is 5.82 Å². The summed E-state index contributed by atoms with van der Waals surface area (Å²) in [6, 6.07) is 7.84. The molecule has 2 aromatic heterocycles. The van der Waals surface area contributed by atoms with Gasteiger partial charge in [-0.05, 0) is 37.3 Å². The number of nitrogens with one attached hydrogen (secondary N) is 1. The number of rotatable bonds is 3. The third-order valence-corrected chi connectivity index (χ3v) is 4.16. The van der Waals surface area contributed by atoms with Crippen LogP contribution in [0.1, 0.15) is 16.1 Å². The first kappa shape index (κ1) is 15.6. The fraction of sp³-hybridized carbons (Fsp3) is 0.0625. The number of aryl methyl sites for hydroxylation is 1. The Kier molecular flexibility index (Phi) is 4.36. The maximum atomic E-state index is 13.2. The lowest BCUT2D eigenvalue weighted by Crippen LogP contribution is -2.12. The van der Waals surface area contributed by atoms with Crippen molar-refractivity contribution in [1.82, 2.24) is 9.97 Å². The van der Waals surface area contributed by atoms with E-state index in [0.717, 1.165) is 5.69 Å². The molecule has 2 heterocycles. The molecule has 0 radical (unpaired) electrons. The number of hydrogen-bond donors (Lipinski definition) is 1. The number of thiazole rings is 1. The van der Waals surface area contributed by atoms with Crippen LogP contribution in [0.3, 0.4) is 0 Å². The summed E-state index contributed by atoms with van der Waals surface area (Å²) in [6.45, 7) is 1.85. The molecule has 0 unspecified atom stereocenters. The molecule has 0 fully saturated rings. The van der Waals surface area contributed by atoms with Gasteiger partial charge in [-0.2, -0.15) is 0 Å². The summed E-state index contributed by atoms with van der Waals surface area (Å²) in [4.78, 5) is 20.5. The smallest absolute Gasteiger partial charge is 0.259 e. The predicted octanol–water partition coefficient (Wildman–Crippen LogP) is 4.56. The van der Waals surface area contributed by atoms with Crippen molar-refractivity contribution in [2.45, 2.75) is 6.92 Å². The molecule has 1 amide bonds. The van der Waals surface area contributed by atoms with Gasteiger partial charge in [0.05, 0.1) is 16.3 Å². The summed E-state index contributed by atoms with van der Waals surface area (Å²) in [5, 5.41) is 4.97. The lowest BCUT2D eigenvalue weighted by molar-refractivity contribution is 0.102. The molecule has 0 spiro atoms. The van der Waals surface area contributed by atoms with Crippen molar-refractivity contribution in [3.05, 3.63) is 64.0 Å². The molecule has 0 aliphatic rings. The first-order valence-corrected chi connectivity index (χ1v) is 7.93. The van der Waals surface area contributed by atoms with Crippen LogP contribution < -0.4 is 5.32 Å². The molecule has 7 heteroatoms. The number of pyridine rings is 1. The molecule has 3 rings (SSSR count).